The Kier molecular flexibility index (Phi) is 3.37. The first-order valence-electron chi connectivity index (χ1n) is 5.52. The Bertz CT molecular complexity index is 531. The molecule has 3 heteroatoms. The van der Waals surface area contributed by atoms with Crippen LogP contribution in [-0.4, -0.2) is 16.3 Å². The van der Waals surface area contributed by atoms with E-state index in [9.17, 15) is 4.79 Å². The molecule has 0 spiro atoms. The van der Waals surface area contributed by atoms with Gasteiger partial charge in [0.05, 0.1) is 5.52 Å². The highest BCUT2D eigenvalue weighted by molar-refractivity contribution is 5.78. The molecular weight excluding hydrogens is 202 g/mol. The van der Waals surface area contributed by atoms with E-state index in [0.29, 0.717) is 6.54 Å². The van der Waals surface area contributed by atoms with Crippen molar-refractivity contribution >= 4 is 10.9 Å². The van der Waals surface area contributed by atoms with Gasteiger partial charge >= 0.3 is 0 Å². The minimum absolute atomic E-state index is 0.0247. The zero-order chi connectivity index (χ0) is 11.4. The Hall–Kier alpha value is -1.61. The number of aliphatic hydroxyl groups is 1. The second-order valence-electron chi connectivity index (χ2n) is 3.81. The molecule has 0 saturated carbocycles. The molecule has 1 N–H and O–H groups in total. The molecule has 0 aliphatic rings. The van der Waals surface area contributed by atoms with Crippen molar-refractivity contribution in [2.45, 2.75) is 19.4 Å². The van der Waals surface area contributed by atoms with Gasteiger partial charge in [0.2, 0.25) is 0 Å². The van der Waals surface area contributed by atoms with Gasteiger partial charge in [0, 0.05) is 19.2 Å². The quantitative estimate of drug-likeness (QED) is 0.793. The third-order valence-corrected chi connectivity index (χ3v) is 2.69. The first-order chi connectivity index (χ1) is 7.83. The van der Waals surface area contributed by atoms with E-state index >= 15 is 0 Å². The first-order valence-corrected chi connectivity index (χ1v) is 5.52. The van der Waals surface area contributed by atoms with Crippen molar-refractivity contribution in [3.05, 3.63) is 46.8 Å². The number of hydrogen-bond donors (Lipinski definition) is 1. The maximum Gasteiger partial charge on any atom is 0.251 e. The Labute approximate surface area is 94.0 Å². The van der Waals surface area contributed by atoms with E-state index in [1.54, 1.807) is 10.6 Å². The summed E-state index contributed by atoms with van der Waals surface area (Å²) in [6.07, 6.45) is 1.56. The predicted octanol–water partition coefficient (Wildman–Crippen LogP) is 1.77. The fourth-order valence-corrected chi connectivity index (χ4v) is 1.86. The summed E-state index contributed by atoms with van der Waals surface area (Å²) in [6, 6.07) is 11.3. The van der Waals surface area contributed by atoms with Crippen molar-refractivity contribution in [3.63, 3.8) is 0 Å². The standard InChI is InChI=1S/C13H15NO2/c15-10-4-3-9-14-12-6-2-1-5-11(12)7-8-13(14)16/h1-2,5-8,15H,3-4,9-10H2. The molecule has 1 aromatic heterocycles. The van der Waals surface area contributed by atoms with Gasteiger partial charge in [-0.3, -0.25) is 4.79 Å². The number of aryl methyl sites for hydroxylation is 1. The number of fused-ring (bicyclic) bond motifs is 1. The summed E-state index contributed by atoms with van der Waals surface area (Å²) in [5.74, 6) is 0. The smallest absolute Gasteiger partial charge is 0.251 e. The molecule has 0 bridgehead atoms. The highest BCUT2D eigenvalue weighted by Crippen LogP contribution is 2.11. The molecule has 0 radical (unpaired) electrons. The van der Waals surface area contributed by atoms with E-state index in [0.717, 1.165) is 23.7 Å². The Balaban J connectivity index is 2.41. The number of unbranched alkanes of at least 4 members (excludes halogenated alkanes) is 1. The van der Waals surface area contributed by atoms with Gasteiger partial charge in [0.1, 0.15) is 0 Å². The van der Waals surface area contributed by atoms with Gasteiger partial charge in [0.25, 0.3) is 5.56 Å². The number of aromatic nitrogens is 1. The molecule has 0 amide bonds. The lowest BCUT2D eigenvalue weighted by atomic mass is 10.2. The van der Waals surface area contributed by atoms with E-state index in [-0.39, 0.29) is 12.2 Å². The number of nitrogens with zero attached hydrogens (tertiary/aromatic N) is 1. The summed E-state index contributed by atoms with van der Waals surface area (Å²) >= 11 is 0. The fourth-order valence-electron chi connectivity index (χ4n) is 1.86. The van der Waals surface area contributed by atoms with Crippen molar-refractivity contribution in [1.82, 2.24) is 4.57 Å². The summed E-state index contributed by atoms with van der Waals surface area (Å²) < 4.78 is 1.77. The summed E-state index contributed by atoms with van der Waals surface area (Å²) in [4.78, 5) is 11.7. The van der Waals surface area contributed by atoms with Gasteiger partial charge in [-0.2, -0.15) is 0 Å². The van der Waals surface area contributed by atoms with Crippen molar-refractivity contribution in [2.24, 2.45) is 0 Å². The molecule has 2 aromatic rings. The first kappa shape index (κ1) is 10.9. The number of pyridine rings is 1. The van der Waals surface area contributed by atoms with Gasteiger partial charge in [-0.25, -0.2) is 0 Å². The van der Waals surface area contributed by atoms with Gasteiger partial charge in [0.15, 0.2) is 0 Å². The zero-order valence-corrected chi connectivity index (χ0v) is 9.10. The topological polar surface area (TPSA) is 42.2 Å². The van der Waals surface area contributed by atoms with Crippen LogP contribution in [0.25, 0.3) is 10.9 Å². The molecule has 0 fully saturated rings. The molecule has 3 nitrogen and oxygen atoms in total. The number of rotatable bonds is 4. The van der Waals surface area contributed by atoms with Crippen LogP contribution in [-0.2, 0) is 6.54 Å². The molecule has 0 atom stereocenters. The van der Waals surface area contributed by atoms with E-state index in [1.807, 2.05) is 30.3 Å². The highest BCUT2D eigenvalue weighted by atomic mass is 16.2. The lowest BCUT2D eigenvalue weighted by Crippen LogP contribution is -2.19. The average molecular weight is 217 g/mol. The monoisotopic (exact) mass is 217 g/mol. The molecule has 84 valence electrons. The van der Waals surface area contributed by atoms with Crippen LogP contribution in [0.3, 0.4) is 0 Å². The summed E-state index contributed by atoms with van der Waals surface area (Å²) in [6.45, 7) is 0.847. The van der Waals surface area contributed by atoms with Crippen LogP contribution in [0.4, 0.5) is 0 Å². The van der Waals surface area contributed by atoms with Crippen LogP contribution < -0.4 is 5.56 Å². The summed E-state index contributed by atoms with van der Waals surface area (Å²) in [5, 5.41) is 9.81. The van der Waals surface area contributed by atoms with E-state index in [4.69, 9.17) is 5.11 Å². The van der Waals surface area contributed by atoms with Crippen molar-refractivity contribution in [2.75, 3.05) is 6.61 Å². The molecule has 0 aliphatic heterocycles. The molecule has 1 aromatic carbocycles. The minimum atomic E-state index is 0.0247. The van der Waals surface area contributed by atoms with Crippen molar-refractivity contribution in [3.8, 4) is 0 Å². The molecule has 1 heterocycles. The van der Waals surface area contributed by atoms with Gasteiger partial charge < -0.3 is 9.67 Å². The molecule has 0 aliphatic carbocycles. The van der Waals surface area contributed by atoms with Crippen LogP contribution in [0.5, 0.6) is 0 Å². The summed E-state index contributed by atoms with van der Waals surface area (Å²) in [5.41, 5.74) is 0.990. The molecule has 0 saturated heterocycles. The number of hydrogen-bond acceptors (Lipinski definition) is 2. The van der Waals surface area contributed by atoms with Crippen LogP contribution in [0.2, 0.25) is 0 Å². The third kappa shape index (κ3) is 2.14. The Morgan fingerprint density at radius 3 is 2.69 bits per heavy atom. The zero-order valence-electron chi connectivity index (χ0n) is 9.10. The second kappa shape index (κ2) is 4.94. The average Bonchev–Trinajstić information content (AvgIpc) is 2.32. The maximum atomic E-state index is 11.7. The predicted molar refractivity (Wildman–Crippen MR) is 64.5 cm³/mol. The van der Waals surface area contributed by atoms with Crippen LogP contribution in [0, 0.1) is 0 Å². The number of para-hydroxylation sites is 1. The third-order valence-electron chi connectivity index (χ3n) is 2.69. The fraction of sp³-hybridized carbons (Fsp3) is 0.308. The Morgan fingerprint density at radius 2 is 1.88 bits per heavy atom. The lowest BCUT2D eigenvalue weighted by Gasteiger charge is -2.09. The van der Waals surface area contributed by atoms with Crippen LogP contribution in [0.15, 0.2) is 41.2 Å². The number of benzene rings is 1. The highest BCUT2D eigenvalue weighted by Gasteiger charge is 2.01. The van der Waals surface area contributed by atoms with Crippen molar-refractivity contribution < 1.29 is 5.11 Å². The lowest BCUT2D eigenvalue weighted by molar-refractivity contribution is 0.281. The van der Waals surface area contributed by atoms with E-state index in [2.05, 4.69) is 0 Å². The minimum Gasteiger partial charge on any atom is -0.396 e. The molecule has 0 unspecified atom stereocenters. The van der Waals surface area contributed by atoms with Crippen LogP contribution >= 0.6 is 0 Å². The second-order valence-corrected chi connectivity index (χ2v) is 3.81. The van der Waals surface area contributed by atoms with Crippen LogP contribution in [0.1, 0.15) is 12.8 Å². The Morgan fingerprint density at radius 1 is 1.06 bits per heavy atom. The molecule has 16 heavy (non-hydrogen) atoms. The molecule has 2 rings (SSSR count). The van der Waals surface area contributed by atoms with E-state index < -0.39 is 0 Å². The maximum absolute atomic E-state index is 11.7. The molecular formula is C13H15NO2. The van der Waals surface area contributed by atoms with Gasteiger partial charge in [-0.05, 0) is 30.4 Å². The van der Waals surface area contributed by atoms with E-state index in [1.165, 1.54) is 0 Å². The van der Waals surface area contributed by atoms with Gasteiger partial charge in [-0.1, -0.05) is 18.2 Å². The van der Waals surface area contributed by atoms with Crippen molar-refractivity contribution in [1.29, 1.82) is 0 Å². The van der Waals surface area contributed by atoms with Gasteiger partial charge in [-0.15, -0.1) is 0 Å². The number of aliphatic hydroxyl groups excluding tert-OH is 1. The summed E-state index contributed by atoms with van der Waals surface area (Å²) in [7, 11) is 0. The SMILES string of the molecule is O=c1ccc2ccccc2n1CCCCO. The normalized spacial score (nSPS) is 10.8. The largest absolute Gasteiger partial charge is 0.396 e.